The van der Waals surface area contributed by atoms with E-state index < -0.39 is 6.10 Å². The third-order valence-electron chi connectivity index (χ3n) is 3.20. The molecule has 1 atom stereocenters. The first kappa shape index (κ1) is 14.1. The van der Waals surface area contributed by atoms with Gasteiger partial charge in [-0.3, -0.25) is 4.79 Å². The number of nitrogens with one attached hydrogen (secondary N) is 1. The summed E-state index contributed by atoms with van der Waals surface area (Å²) in [5, 5.41) is 2.82. The van der Waals surface area contributed by atoms with Gasteiger partial charge in [0.25, 0.3) is 5.91 Å². The molecule has 20 heavy (non-hydrogen) atoms. The molecule has 3 nitrogen and oxygen atoms in total. The van der Waals surface area contributed by atoms with Crippen LogP contribution in [0.3, 0.4) is 0 Å². The first-order valence-electron chi connectivity index (χ1n) is 6.66. The number of hydrogen-bond donors (Lipinski definition) is 1. The summed E-state index contributed by atoms with van der Waals surface area (Å²) in [7, 11) is 0. The number of aryl methyl sites for hydroxylation is 2. The average Bonchev–Trinajstić information content (AvgIpc) is 2.44. The number of hydrogen-bond acceptors (Lipinski definition) is 2. The zero-order valence-corrected chi connectivity index (χ0v) is 12.0. The lowest BCUT2D eigenvalue weighted by atomic mass is 10.1. The van der Waals surface area contributed by atoms with Crippen LogP contribution < -0.4 is 10.1 Å². The molecule has 0 aliphatic rings. The standard InChI is InChI=1S/C17H19NO2/c1-12-9-10-16(11-13(12)2)20-14(3)17(19)18-15-7-5-4-6-8-15/h4-11,14H,1-3H3,(H,18,19). The molecule has 104 valence electrons. The van der Waals surface area contributed by atoms with Crippen LogP contribution in [-0.4, -0.2) is 12.0 Å². The van der Waals surface area contributed by atoms with E-state index in [1.807, 2.05) is 62.4 Å². The number of ether oxygens (including phenoxy) is 1. The first-order valence-corrected chi connectivity index (χ1v) is 6.66. The molecule has 2 rings (SSSR count). The SMILES string of the molecule is Cc1ccc(OC(C)C(=O)Nc2ccccc2)cc1C. The number of benzene rings is 2. The molecule has 0 aliphatic carbocycles. The molecule has 0 spiro atoms. The van der Waals surface area contributed by atoms with Crippen molar-refractivity contribution in [3.8, 4) is 5.75 Å². The Morgan fingerprint density at radius 1 is 1.05 bits per heavy atom. The minimum atomic E-state index is -0.544. The normalized spacial score (nSPS) is 11.8. The molecule has 0 saturated carbocycles. The van der Waals surface area contributed by atoms with E-state index in [2.05, 4.69) is 5.32 Å². The van der Waals surface area contributed by atoms with Gasteiger partial charge in [-0.25, -0.2) is 0 Å². The molecule has 0 heterocycles. The molecule has 0 bridgehead atoms. The predicted octanol–water partition coefficient (Wildman–Crippen LogP) is 3.71. The van der Waals surface area contributed by atoms with Crippen molar-refractivity contribution < 1.29 is 9.53 Å². The monoisotopic (exact) mass is 269 g/mol. The highest BCUT2D eigenvalue weighted by Gasteiger charge is 2.14. The molecule has 0 aliphatic heterocycles. The van der Waals surface area contributed by atoms with Crippen LogP contribution in [0, 0.1) is 13.8 Å². The molecule has 3 heteroatoms. The van der Waals surface area contributed by atoms with Crippen LogP contribution in [0.1, 0.15) is 18.1 Å². The van der Waals surface area contributed by atoms with Crippen molar-refractivity contribution in [3.63, 3.8) is 0 Å². The number of anilines is 1. The molecule has 0 radical (unpaired) electrons. The molecule has 1 amide bonds. The fourth-order valence-electron chi connectivity index (χ4n) is 1.81. The highest BCUT2D eigenvalue weighted by Crippen LogP contribution is 2.18. The number of para-hydroxylation sites is 1. The quantitative estimate of drug-likeness (QED) is 0.919. The fourth-order valence-corrected chi connectivity index (χ4v) is 1.81. The highest BCUT2D eigenvalue weighted by molar-refractivity contribution is 5.94. The molecule has 0 saturated heterocycles. The van der Waals surface area contributed by atoms with Crippen LogP contribution in [0.5, 0.6) is 5.75 Å². The maximum Gasteiger partial charge on any atom is 0.265 e. The van der Waals surface area contributed by atoms with Gasteiger partial charge in [0.05, 0.1) is 0 Å². The predicted molar refractivity (Wildman–Crippen MR) is 81.1 cm³/mol. The van der Waals surface area contributed by atoms with E-state index in [0.29, 0.717) is 5.75 Å². The Morgan fingerprint density at radius 2 is 1.75 bits per heavy atom. The van der Waals surface area contributed by atoms with Crippen molar-refractivity contribution in [2.75, 3.05) is 5.32 Å². The Morgan fingerprint density at radius 3 is 2.40 bits per heavy atom. The van der Waals surface area contributed by atoms with Crippen LogP contribution in [0.25, 0.3) is 0 Å². The van der Waals surface area contributed by atoms with Gasteiger partial charge >= 0.3 is 0 Å². The second kappa shape index (κ2) is 6.24. The number of amides is 1. The minimum absolute atomic E-state index is 0.158. The van der Waals surface area contributed by atoms with Crippen LogP contribution in [0.4, 0.5) is 5.69 Å². The Hall–Kier alpha value is -2.29. The summed E-state index contributed by atoms with van der Waals surface area (Å²) in [5.74, 6) is 0.554. The number of carbonyl (C=O) groups is 1. The Bertz CT molecular complexity index is 593. The van der Waals surface area contributed by atoms with Crippen molar-refractivity contribution in [2.45, 2.75) is 26.9 Å². The zero-order valence-electron chi connectivity index (χ0n) is 12.0. The lowest BCUT2D eigenvalue weighted by molar-refractivity contribution is -0.122. The van der Waals surface area contributed by atoms with Crippen LogP contribution in [0.2, 0.25) is 0 Å². The summed E-state index contributed by atoms with van der Waals surface area (Å²) in [5.41, 5.74) is 3.13. The molecule has 1 N–H and O–H groups in total. The Kier molecular flexibility index (Phi) is 4.41. The van der Waals surface area contributed by atoms with Gasteiger partial charge in [0.15, 0.2) is 6.10 Å². The maximum atomic E-state index is 12.0. The second-order valence-electron chi connectivity index (χ2n) is 4.86. The topological polar surface area (TPSA) is 38.3 Å². The van der Waals surface area contributed by atoms with Gasteiger partial charge in [0.2, 0.25) is 0 Å². The lowest BCUT2D eigenvalue weighted by Crippen LogP contribution is -2.30. The van der Waals surface area contributed by atoms with E-state index >= 15 is 0 Å². The largest absolute Gasteiger partial charge is 0.481 e. The summed E-state index contributed by atoms with van der Waals surface area (Å²) < 4.78 is 5.67. The maximum absolute atomic E-state index is 12.0. The van der Waals surface area contributed by atoms with Gasteiger partial charge in [-0.15, -0.1) is 0 Å². The molecule has 0 aromatic heterocycles. The van der Waals surface area contributed by atoms with Crippen molar-refractivity contribution in [2.24, 2.45) is 0 Å². The Labute approximate surface area is 119 Å². The minimum Gasteiger partial charge on any atom is -0.481 e. The van der Waals surface area contributed by atoms with Gasteiger partial charge in [-0.1, -0.05) is 24.3 Å². The molecule has 1 unspecified atom stereocenters. The van der Waals surface area contributed by atoms with Gasteiger partial charge < -0.3 is 10.1 Å². The van der Waals surface area contributed by atoms with Crippen LogP contribution in [0.15, 0.2) is 48.5 Å². The van der Waals surface area contributed by atoms with Crippen LogP contribution in [-0.2, 0) is 4.79 Å². The number of rotatable bonds is 4. The highest BCUT2D eigenvalue weighted by atomic mass is 16.5. The second-order valence-corrected chi connectivity index (χ2v) is 4.86. The van der Waals surface area contributed by atoms with Gasteiger partial charge in [0, 0.05) is 5.69 Å². The van der Waals surface area contributed by atoms with E-state index in [9.17, 15) is 4.79 Å². The zero-order chi connectivity index (χ0) is 14.5. The summed E-state index contributed by atoms with van der Waals surface area (Å²) in [6.07, 6.45) is -0.544. The van der Waals surface area contributed by atoms with E-state index in [-0.39, 0.29) is 5.91 Å². The lowest BCUT2D eigenvalue weighted by Gasteiger charge is -2.15. The molecule has 2 aromatic carbocycles. The smallest absolute Gasteiger partial charge is 0.265 e. The third kappa shape index (κ3) is 3.60. The molecule has 0 fully saturated rings. The summed E-state index contributed by atoms with van der Waals surface area (Å²) in [6.45, 7) is 5.81. The summed E-state index contributed by atoms with van der Waals surface area (Å²) in [6, 6.07) is 15.2. The summed E-state index contributed by atoms with van der Waals surface area (Å²) in [4.78, 5) is 12.0. The van der Waals surface area contributed by atoms with Gasteiger partial charge in [0.1, 0.15) is 5.75 Å². The van der Waals surface area contributed by atoms with Gasteiger partial charge in [-0.2, -0.15) is 0 Å². The third-order valence-corrected chi connectivity index (χ3v) is 3.20. The van der Waals surface area contributed by atoms with E-state index in [1.54, 1.807) is 6.92 Å². The van der Waals surface area contributed by atoms with Crippen molar-refractivity contribution in [3.05, 3.63) is 59.7 Å². The van der Waals surface area contributed by atoms with Gasteiger partial charge in [-0.05, 0) is 56.2 Å². The molecular formula is C17H19NO2. The Balaban J connectivity index is 1.98. The van der Waals surface area contributed by atoms with E-state index in [4.69, 9.17) is 4.74 Å². The molecule has 2 aromatic rings. The fraction of sp³-hybridized carbons (Fsp3) is 0.235. The van der Waals surface area contributed by atoms with Crippen LogP contribution >= 0.6 is 0 Å². The average molecular weight is 269 g/mol. The number of carbonyl (C=O) groups excluding carboxylic acids is 1. The van der Waals surface area contributed by atoms with Crippen molar-refractivity contribution in [1.29, 1.82) is 0 Å². The molecular weight excluding hydrogens is 250 g/mol. The summed E-state index contributed by atoms with van der Waals surface area (Å²) >= 11 is 0. The first-order chi connectivity index (χ1) is 9.56. The van der Waals surface area contributed by atoms with Crippen molar-refractivity contribution >= 4 is 11.6 Å². The van der Waals surface area contributed by atoms with E-state index in [0.717, 1.165) is 11.3 Å². The van der Waals surface area contributed by atoms with Crippen molar-refractivity contribution in [1.82, 2.24) is 0 Å². The van der Waals surface area contributed by atoms with E-state index in [1.165, 1.54) is 5.56 Å².